The lowest BCUT2D eigenvalue weighted by molar-refractivity contribution is 0.0769. The number of nitrogens with zero attached hydrogens (tertiary/aromatic N) is 2. The molecule has 3 N–H and O–H groups in total. The molecular weight excluding hydrogens is 192 g/mol. The Bertz CT molecular complexity index is 334. The third-order valence-electron chi connectivity index (χ3n) is 2.46. The van der Waals surface area contributed by atoms with E-state index in [1.807, 2.05) is 0 Å². The summed E-state index contributed by atoms with van der Waals surface area (Å²) >= 11 is 0. The number of nitrogens with one attached hydrogen (secondary N) is 1. The highest BCUT2D eigenvalue weighted by Gasteiger charge is 2.15. The van der Waals surface area contributed by atoms with Crippen LogP contribution in [0.4, 0.5) is 5.82 Å². The Labute approximate surface area is 89.6 Å². The highest BCUT2D eigenvalue weighted by atomic mass is 16.2. The normalized spacial score (nSPS) is 12.5. The second-order valence-electron chi connectivity index (χ2n) is 3.91. The van der Waals surface area contributed by atoms with Crippen LogP contribution in [0.2, 0.25) is 0 Å². The van der Waals surface area contributed by atoms with E-state index in [0.29, 0.717) is 17.4 Å². The summed E-state index contributed by atoms with van der Waals surface area (Å²) in [6.07, 6.45) is 1.06. The molecule has 0 aliphatic heterocycles. The molecule has 0 spiro atoms. The molecule has 84 valence electrons. The first kappa shape index (κ1) is 11.6. The minimum Gasteiger partial charge on any atom is -0.382 e. The molecule has 1 aromatic rings. The lowest BCUT2D eigenvalue weighted by atomic mass is 10.1. The molecule has 0 saturated heterocycles. The smallest absolute Gasteiger partial charge is 0.271 e. The highest BCUT2D eigenvalue weighted by Crippen LogP contribution is 2.07. The van der Waals surface area contributed by atoms with Crippen LogP contribution >= 0.6 is 0 Å². The molecule has 0 aliphatic carbocycles. The van der Waals surface area contributed by atoms with Gasteiger partial charge in [-0.2, -0.15) is 5.10 Å². The van der Waals surface area contributed by atoms with Crippen LogP contribution in [0.25, 0.3) is 0 Å². The Morgan fingerprint density at radius 1 is 1.73 bits per heavy atom. The maximum Gasteiger partial charge on any atom is 0.271 e. The van der Waals surface area contributed by atoms with Crippen LogP contribution in [0.1, 0.15) is 30.8 Å². The number of carbonyl (C=O) groups is 1. The average Bonchev–Trinajstić information content (AvgIpc) is 2.63. The van der Waals surface area contributed by atoms with Gasteiger partial charge in [0.25, 0.3) is 5.91 Å². The molecule has 5 nitrogen and oxygen atoms in total. The fourth-order valence-corrected chi connectivity index (χ4v) is 1.33. The summed E-state index contributed by atoms with van der Waals surface area (Å²) in [5.74, 6) is 0.772. The molecule has 0 fully saturated rings. The number of carbonyl (C=O) groups excluding carboxylic acids is 1. The molecule has 1 amide bonds. The summed E-state index contributed by atoms with van der Waals surface area (Å²) in [5.41, 5.74) is 5.87. The first-order valence-corrected chi connectivity index (χ1v) is 5.11. The molecule has 0 aromatic carbocycles. The van der Waals surface area contributed by atoms with Gasteiger partial charge in [-0.3, -0.25) is 9.89 Å². The molecule has 1 atom stereocenters. The first-order valence-electron chi connectivity index (χ1n) is 5.11. The zero-order valence-electron chi connectivity index (χ0n) is 9.45. The van der Waals surface area contributed by atoms with Crippen molar-refractivity contribution in [3.8, 4) is 0 Å². The Kier molecular flexibility index (Phi) is 3.71. The number of nitrogen functional groups attached to an aromatic ring is 1. The van der Waals surface area contributed by atoms with E-state index in [2.05, 4.69) is 24.0 Å². The van der Waals surface area contributed by atoms with E-state index in [9.17, 15) is 4.79 Å². The van der Waals surface area contributed by atoms with E-state index in [4.69, 9.17) is 5.73 Å². The van der Waals surface area contributed by atoms with Crippen molar-refractivity contribution in [1.29, 1.82) is 0 Å². The van der Waals surface area contributed by atoms with Gasteiger partial charge in [0.1, 0.15) is 11.5 Å². The maximum atomic E-state index is 11.8. The monoisotopic (exact) mass is 210 g/mol. The van der Waals surface area contributed by atoms with Gasteiger partial charge >= 0.3 is 0 Å². The van der Waals surface area contributed by atoms with Gasteiger partial charge in [0.05, 0.1) is 0 Å². The van der Waals surface area contributed by atoms with Gasteiger partial charge in [0.15, 0.2) is 0 Å². The highest BCUT2D eigenvalue weighted by molar-refractivity contribution is 5.92. The Morgan fingerprint density at radius 2 is 2.40 bits per heavy atom. The fourth-order valence-electron chi connectivity index (χ4n) is 1.33. The van der Waals surface area contributed by atoms with Gasteiger partial charge in [0, 0.05) is 19.7 Å². The van der Waals surface area contributed by atoms with Crippen LogP contribution in [0, 0.1) is 5.92 Å². The minimum atomic E-state index is -0.0699. The van der Waals surface area contributed by atoms with Gasteiger partial charge in [-0.05, 0) is 5.92 Å². The summed E-state index contributed by atoms with van der Waals surface area (Å²) in [7, 11) is 1.78. The van der Waals surface area contributed by atoms with Crippen molar-refractivity contribution in [3.05, 3.63) is 11.8 Å². The third kappa shape index (κ3) is 2.97. The summed E-state index contributed by atoms with van der Waals surface area (Å²) in [6.45, 7) is 4.97. The largest absolute Gasteiger partial charge is 0.382 e. The molecule has 1 aromatic heterocycles. The Balaban J connectivity index is 2.60. The zero-order valence-corrected chi connectivity index (χ0v) is 9.45. The van der Waals surface area contributed by atoms with Gasteiger partial charge in [-0.25, -0.2) is 0 Å². The second-order valence-corrected chi connectivity index (χ2v) is 3.91. The van der Waals surface area contributed by atoms with Crippen LogP contribution in [0.15, 0.2) is 6.07 Å². The van der Waals surface area contributed by atoms with Crippen molar-refractivity contribution < 1.29 is 4.79 Å². The quantitative estimate of drug-likeness (QED) is 0.781. The summed E-state index contributed by atoms with van der Waals surface area (Å²) < 4.78 is 0. The van der Waals surface area contributed by atoms with Gasteiger partial charge < -0.3 is 10.6 Å². The van der Waals surface area contributed by atoms with Gasteiger partial charge in [-0.15, -0.1) is 0 Å². The lowest BCUT2D eigenvalue weighted by Crippen LogP contribution is -2.31. The molecule has 0 saturated carbocycles. The zero-order chi connectivity index (χ0) is 11.4. The number of aromatic nitrogens is 2. The van der Waals surface area contributed by atoms with E-state index in [-0.39, 0.29) is 5.91 Å². The number of anilines is 1. The molecule has 0 radical (unpaired) electrons. The Hall–Kier alpha value is -1.52. The summed E-state index contributed by atoms with van der Waals surface area (Å²) in [4.78, 5) is 13.5. The van der Waals surface area contributed by atoms with Crippen molar-refractivity contribution in [2.24, 2.45) is 5.92 Å². The SMILES string of the molecule is CCC(C)CN(C)C(=O)c1cc(N)n[nH]1. The summed E-state index contributed by atoms with van der Waals surface area (Å²) in [6, 6.07) is 1.55. The van der Waals surface area contributed by atoms with Crippen molar-refractivity contribution >= 4 is 11.7 Å². The van der Waals surface area contributed by atoms with Crippen LogP contribution in [0.3, 0.4) is 0 Å². The standard InChI is InChI=1S/C10H18N4O/c1-4-7(2)6-14(3)10(15)8-5-9(11)13-12-8/h5,7H,4,6H2,1-3H3,(H3,11,12,13). The predicted molar refractivity (Wildman–Crippen MR) is 59.4 cm³/mol. The van der Waals surface area contributed by atoms with E-state index < -0.39 is 0 Å². The molecular formula is C10H18N4O. The number of aromatic amines is 1. The van der Waals surface area contributed by atoms with Crippen molar-refractivity contribution in [2.45, 2.75) is 20.3 Å². The molecule has 15 heavy (non-hydrogen) atoms. The number of hydrogen-bond acceptors (Lipinski definition) is 3. The van der Waals surface area contributed by atoms with Crippen molar-refractivity contribution in [1.82, 2.24) is 15.1 Å². The van der Waals surface area contributed by atoms with Crippen molar-refractivity contribution in [3.63, 3.8) is 0 Å². The number of rotatable bonds is 4. The van der Waals surface area contributed by atoms with Crippen LogP contribution < -0.4 is 5.73 Å². The molecule has 1 heterocycles. The molecule has 1 unspecified atom stereocenters. The average molecular weight is 210 g/mol. The van der Waals surface area contributed by atoms with Crippen LogP contribution in [-0.4, -0.2) is 34.6 Å². The maximum absolute atomic E-state index is 11.8. The molecule has 1 rings (SSSR count). The number of hydrogen-bond donors (Lipinski definition) is 2. The molecule has 5 heteroatoms. The molecule has 0 bridgehead atoms. The molecule has 0 aliphatic rings. The van der Waals surface area contributed by atoms with E-state index in [1.54, 1.807) is 18.0 Å². The fraction of sp³-hybridized carbons (Fsp3) is 0.600. The topological polar surface area (TPSA) is 75.0 Å². The number of H-pyrrole nitrogens is 1. The van der Waals surface area contributed by atoms with E-state index in [1.165, 1.54) is 0 Å². The third-order valence-corrected chi connectivity index (χ3v) is 2.46. The number of nitrogens with two attached hydrogens (primary N) is 1. The van der Waals surface area contributed by atoms with Crippen molar-refractivity contribution in [2.75, 3.05) is 19.3 Å². The van der Waals surface area contributed by atoms with Gasteiger partial charge in [-0.1, -0.05) is 20.3 Å². The van der Waals surface area contributed by atoms with E-state index in [0.717, 1.165) is 13.0 Å². The summed E-state index contributed by atoms with van der Waals surface area (Å²) in [5, 5.41) is 6.34. The lowest BCUT2D eigenvalue weighted by Gasteiger charge is -2.19. The first-order chi connectivity index (χ1) is 7.04. The van der Waals surface area contributed by atoms with E-state index >= 15 is 0 Å². The predicted octanol–water partition coefficient (Wildman–Crippen LogP) is 1.11. The van der Waals surface area contributed by atoms with Crippen LogP contribution in [0.5, 0.6) is 0 Å². The van der Waals surface area contributed by atoms with Gasteiger partial charge in [0.2, 0.25) is 0 Å². The number of amides is 1. The Morgan fingerprint density at radius 3 is 2.87 bits per heavy atom. The minimum absolute atomic E-state index is 0.0699. The second kappa shape index (κ2) is 4.82. The van der Waals surface area contributed by atoms with Crippen LogP contribution in [-0.2, 0) is 0 Å².